The molecule has 0 amide bonds. The molecular formula is C12H20N2O. The van der Waals surface area contributed by atoms with Gasteiger partial charge in [-0.2, -0.15) is 0 Å². The van der Waals surface area contributed by atoms with E-state index in [1.807, 2.05) is 18.2 Å². The fourth-order valence-electron chi connectivity index (χ4n) is 1.37. The molecule has 84 valence electrons. The first-order valence-corrected chi connectivity index (χ1v) is 5.21. The molecule has 0 fully saturated rings. The van der Waals surface area contributed by atoms with Crippen LogP contribution < -0.4 is 10.1 Å². The van der Waals surface area contributed by atoms with E-state index < -0.39 is 0 Å². The number of rotatable bonds is 6. The van der Waals surface area contributed by atoms with E-state index in [2.05, 4.69) is 30.4 Å². The number of ether oxygens (including phenoxy) is 1. The van der Waals surface area contributed by atoms with Gasteiger partial charge in [0.25, 0.3) is 0 Å². The molecule has 3 heteroatoms. The van der Waals surface area contributed by atoms with Gasteiger partial charge in [0, 0.05) is 25.2 Å². The van der Waals surface area contributed by atoms with E-state index in [4.69, 9.17) is 4.74 Å². The van der Waals surface area contributed by atoms with Crippen LogP contribution in [0.5, 0.6) is 5.75 Å². The van der Waals surface area contributed by atoms with Gasteiger partial charge in [-0.05, 0) is 20.2 Å². The molecule has 0 aliphatic carbocycles. The molecule has 0 unspecified atom stereocenters. The van der Waals surface area contributed by atoms with Crippen LogP contribution in [-0.2, 0) is 6.54 Å². The highest BCUT2D eigenvalue weighted by Crippen LogP contribution is 2.16. The predicted octanol–water partition coefficient (Wildman–Crippen LogP) is 1.35. The Morgan fingerprint density at radius 1 is 1.27 bits per heavy atom. The van der Waals surface area contributed by atoms with E-state index in [0.29, 0.717) is 0 Å². The summed E-state index contributed by atoms with van der Waals surface area (Å²) in [5, 5.41) is 3.39. The second-order valence-electron chi connectivity index (χ2n) is 3.79. The lowest BCUT2D eigenvalue weighted by molar-refractivity contribution is 0.392. The molecule has 0 radical (unpaired) electrons. The lowest BCUT2D eigenvalue weighted by Gasteiger charge is -2.12. The van der Waals surface area contributed by atoms with Crippen LogP contribution in [0.15, 0.2) is 24.3 Å². The minimum absolute atomic E-state index is 0.859. The van der Waals surface area contributed by atoms with Crippen molar-refractivity contribution in [2.75, 3.05) is 34.3 Å². The number of nitrogens with one attached hydrogen (secondary N) is 1. The molecular weight excluding hydrogens is 188 g/mol. The maximum absolute atomic E-state index is 5.27. The summed E-state index contributed by atoms with van der Waals surface area (Å²) >= 11 is 0. The monoisotopic (exact) mass is 208 g/mol. The molecule has 0 atom stereocenters. The molecule has 3 nitrogen and oxygen atoms in total. The van der Waals surface area contributed by atoms with Gasteiger partial charge in [-0.3, -0.25) is 0 Å². The quantitative estimate of drug-likeness (QED) is 0.714. The van der Waals surface area contributed by atoms with Crippen molar-refractivity contribution in [2.24, 2.45) is 0 Å². The van der Waals surface area contributed by atoms with Gasteiger partial charge in [-0.15, -0.1) is 0 Å². The summed E-state index contributed by atoms with van der Waals surface area (Å²) in [4.78, 5) is 2.16. The van der Waals surface area contributed by atoms with E-state index in [1.165, 1.54) is 5.56 Å². The second-order valence-corrected chi connectivity index (χ2v) is 3.79. The van der Waals surface area contributed by atoms with Gasteiger partial charge in [0.15, 0.2) is 0 Å². The van der Waals surface area contributed by atoms with Gasteiger partial charge in [0.05, 0.1) is 7.11 Å². The smallest absolute Gasteiger partial charge is 0.123 e. The van der Waals surface area contributed by atoms with Crippen LogP contribution >= 0.6 is 0 Å². The Bertz CT molecular complexity index is 287. The van der Waals surface area contributed by atoms with Gasteiger partial charge in [0.1, 0.15) is 5.75 Å². The molecule has 0 aliphatic heterocycles. The van der Waals surface area contributed by atoms with Gasteiger partial charge in [-0.1, -0.05) is 18.2 Å². The van der Waals surface area contributed by atoms with Gasteiger partial charge in [-0.25, -0.2) is 0 Å². The third-order valence-electron chi connectivity index (χ3n) is 2.24. The lowest BCUT2D eigenvalue weighted by Crippen LogP contribution is -2.26. The molecule has 0 aromatic heterocycles. The van der Waals surface area contributed by atoms with E-state index in [0.717, 1.165) is 25.4 Å². The number of para-hydroxylation sites is 1. The molecule has 1 aromatic carbocycles. The van der Waals surface area contributed by atoms with Crippen molar-refractivity contribution in [3.05, 3.63) is 29.8 Å². The second kappa shape index (κ2) is 6.43. The van der Waals surface area contributed by atoms with Gasteiger partial charge < -0.3 is 15.0 Å². The van der Waals surface area contributed by atoms with Crippen LogP contribution in [0.3, 0.4) is 0 Å². The van der Waals surface area contributed by atoms with Crippen molar-refractivity contribution >= 4 is 0 Å². The van der Waals surface area contributed by atoms with Crippen molar-refractivity contribution in [1.29, 1.82) is 0 Å². The maximum Gasteiger partial charge on any atom is 0.123 e. The Balaban J connectivity index is 2.36. The number of methoxy groups -OCH3 is 1. The van der Waals surface area contributed by atoms with Crippen molar-refractivity contribution in [3.8, 4) is 5.75 Å². The lowest BCUT2D eigenvalue weighted by atomic mass is 10.2. The third kappa shape index (κ3) is 4.32. The molecule has 1 rings (SSSR count). The Labute approximate surface area is 92.0 Å². The highest BCUT2D eigenvalue weighted by Gasteiger charge is 2.00. The summed E-state index contributed by atoms with van der Waals surface area (Å²) in [6, 6.07) is 8.10. The summed E-state index contributed by atoms with van der Waals surface area (Å²) in [6.07, 6.45) is 0. The highest BCUT2D eigenvalue weighted by molar-refractivity contribution is 5.32. The normalized spacial score (nSPS) is 10.7. The third-order valence-corrected chi connectivity index (χ3v) is 2.24. The molecule has 0 saturated heterocycles. The zero-order valence-corrected chi connectivity index (χ0v) is 9.79. The van der Waals surface area contributed by atoms with Crippen molar-refractivity contribution in [3.63, 3.8) is 0 Å². The zero-order chi connectivity index (χ0) is 11.1. The van der Waals surface area contributed by atoms with Crippen LogP contribution in [0, 0.1) is 0 Å². The predicted molar refractivity (Wildman–Crippen MR) is 63.3 cm³/mol. The van der Waals surface area contributed by atoms with Crippen molar-refractivity contribution in [2.45, 2.75) is 6.54 Å². The first kappa shape index (κ1) is 12.0. The van der Waals surface area contributed by atoms with Crippen LogP contribution in [0.4, 0.5) is 0 Å². The standard InChI is InChI=1S/C12H20N2O/c1-14(2)9-8-13-10-11-6-4-5-7-12(11)15-3/h4-7,13H,8-10H2,1-3H3. The largest absolute Gasteiger partial charge is 0.496 e. The molecule has 0 bridgehead atoms. The molecule has 15 heavy (non-hydrogen) atoms. The number of hydrogen-bond acceptors (Lipinski definition) is 3. The molecule has 0 heterocycles. The van der Waals surface area contributed by atoms with E-state index >= 15 is 0 Å². The van der Waals surface area contributed by atoms with Gasteiger partial charge in [0.2, 0.25) is 0 Å². The topological polar surface area (TPSA) is 24.5 Å². The summed E-state index contributed by atoms with van der Waals surface area (Å²) in [6.45, 7) is 2.90. The van der Waals surface area contributed by atoms with Crippen molar-refractivity contribution < 1.29 is 4.74 Å². The number of benzene rings is 1. The highest BCUT2D eigenvalue weighted by atomic mass is 16.5. The first-order valence-electron chi connectivity index (χ1n) is 5.21. The maximum atomic E-state index is 5.27. The number of likely N-dealkylation sites (N-methyl/N-ethyl adjacent to an activating group) is 1. The Morgan fingerprint density at radius 3 is 2.67 bits per heavy atom. The number of hydrogen-bond donors (Lipinski definition) is 1. The molecule has 0 aliphatic rings. The Morgan fingerprint density at radius 2 is 2.00 bits per heavy atom. The SMILES string of the molecule is COc1ccccc1CNCCN(C)C. The summed E-state index contributed by atoms with van der Waals surface area (Å²) in [5.41, 5.74) is 1.21. The fourth-order valence-corrected chi connectivity index (χ4v) is 1.37. The van der Waals surface area contributed by atoms with Crippen molar-refractivity contribution in [1.82, 2.24) is 10.2 Å². The molecule has 1 aromatic rings. The van der Waals surface area contributed by atoms with Crippen LogP contribution in [0.1, 0.15) is 5.56 Å². The number of nitrogens with zero attached hydrogens (tertiary/aromatic N) is 1. The van der Waals surface area contributed by atoms with Crippen LogP contribution in [0.25, 0.3) is 0 Å². The van der Waals surface area contributed by atoms with E-state index in [-0.39, 0.29) is 0 Å². The van der Waals surface area contributed by atoms with Crippen LogP contribution in [0.2, 0.25) is 0 Å². The molecule has 0 spiro atoms. The first-order chi connectivity index (χ1) is 7.24. The summed E-state index contributed by atoms with van der Waals surface area (Å²) < 4.78 is 5.27. The van der Waals surface area contributed by atoms with Gasteiger partial charge >= 0.3 is 0 Å². The Kier molecular flexibility index (Phi) is 5.15. The van der Waals surface area contributed by atoms with Crippen LogP contribution in [-0.4, -0.2) is 39.2 Å². The fraction of sp³-hybridized carbons (Fsp3) is 0.500. The Hall–Kier alpha value is -1.06. The summed E-state index contributed by atoms with van der Waals surface area (Å²) in [5.74, 6) is 0.954. The van der Waals surface area contributed by atoms with E-state index in [1.54, 1.807) is 7.11 Å². The zero-order valence-electron chi connectivity index (χ0n) is 9.79. The average molecular weight is 208 g/mol. The molecule has 1 N–H and O–H groups in total. The summed E-state index contributed by atoms with van der Waals surface area (Å²) in [7, 11) is 5.86. The minimum Gasteiger partial charge on any atom is -0.496 e. The average Bonchev–Trinajstić information content (AvgIpc) is 2.24. The molecule has 0 saturated carbocycles. The van der Waals surface area contributed by atoms with E-state index in [9.17, 15) is 0 Å². The minimum atomic E-state index is 0.859.